The normalized spacial score (nSPS) is 13.7. The van der Waals surface area contributed by atoms with Crippen LogP contribution in [0.2, 0.25) is 0 Å². The average Bonchev–Trinajstić information content (AvgIpc) is 2.85. The summed E-state index contributed by atoms with van der Waals surface area (Å²) in [4.78, 5) is 39.4. The van der Waals surface area contributed by atoms with E-state index in [0.29, 0.717) is 24.1 Å². The molecule has 182 valence electrons. The smallest absolute Gasteiger partial charge is 0.254 e. The summed E-state index contributed by atoms with van der Waals surface area (Å²) in [7, 11) is 0. The van der Waals surface area contributed by atoms with Crippen LogP contribution in [0.3, 0.4) is 0 Å². The summed E-state index contributed by atoms with van der Waals surface area (Å²) < 4.78 is 0. The molecule has 0 spiro atoms. The Morgan fingerprint density at radius 2 is 1.79 bits per heavy atom. The van der Waals surface area contributed by atoms with Gasteiger partial charge in [0, 0.05) is 6.54 Å². The number of hydrogen-bond acceptors (Lipinski definition) is 5. The molecule has 8 heteroatoms. The van der Waals surface area contributed by atoms with Crippen molar-refractivity contribution < 1.29 is 19.6 Å². The molecule has 0 saturated carbocycles. The van der Waals surface area contributed by atoms with Gasteiger partial charge in [0.25, 0.3) is 11.8 Å². The molecule has 0 heterocycles. The molecule has 2 aromatic carbocycles. The van der Waals surface area contributed by atoms with Crippen LogP contribution in [-0.2, 0) is 19.8 Å². The Morgan fingerprint density at radius 3 is 2.38 bits per heavy atom. The Hall–Kier alpha value is -3.49. The zero-order valence-corrected chi connectivity index (χ0v) is 19.9. The van der Waals surface area contributed by atoms with Gasteiger partial charge in [0.2, 0.25) is 5.91 Å². The van der Waals surface area contributed by atoms with Gasteiger partial charge in [-0.05, 0) is 43.4 Å². The van der Waals surface area contributed by atoms with Crippen molar-refractivity contribution in [3.8, 4) is 0 Å². The second-order valence-electron chi connectivity index (χ2n) is 8.16. The monoisotopic (exact) mass is 466 g/mol. The summed E-state index contributed by atoms with van der Waals surface area (Å²) in [5.74, 6) is 2.89. The van der Waals surface area contributed by atoms with Gasteiger partial charge in [-0.2, -0.15) is 0 Å². The summed E-state index contributed by atoms with van der Waals surface area (Å²) in [6.07, 6.45) is 4.65. The van der Waals surface area contributed by atoms with Crippen LogP contribution < -0.4 is 22.1 Å². The van der Waals surface area contributed by atoms with E-state index >= 15 is 0 Å². The lowest BCUT2D eigenvalue weighted by Gasteiger charge is -2.34. The van der Waals surface area contributed by atoms with Crippen molar-refractivity contribution >= 4 is 23.8 Å². The highest BCUT2D eigenvalue weighted by Crippen LogP contribution is 2.38. The maximum atomic E-state index is 13.4. The van der Waals surface area contributed by atoms with E-state index < -0.39 is 29.1 Å². The third-order valence-corrected chi connectivity index (χ3v) is 5.82. The second-order valence-corrected chi connectivity index (χ2v) is 8.16. The minimum absolute atomic E-state index is 0.186. The van der Waals surface area contributed by atoms with Crippen LogP contribution in [0.5, 0.6) is 0 Å². The summed E-state index contributed by atoms with van der Waals surface area (Å²) >= 11 is 0. The molecule has 0 aliphatic carbocycles. The number of allylic oxidation sites excluding steroid dienone is 1. The maximum absolute atomic E-state index is 13.4. The van der Waals surface area contributed by atoms with Gasteiger partial charge in [0.05, 0.1) is 5.92 Å². The molecule has 3 amide bonds. The lowest BCUT2D eigenvalue weighted by molar-refractivity contribution is -0.138. The molecule has 2 aromatic rings. The van der Waals surface area contributed by atoms with E-state index in [9.17, 15) is 19.6 Å². The number of nitrogens with one attached hydrogen (secondary N) is 3. The van der Waals surface area contributed by atoms with Crippen LogP contribution in [0.15, 0.2) is 54.6 Å². The molecule has 8 nitrogen and oxygen atoms in total. The quantitative estimate of drug-likeness (QED) is 0.114. The first-order chi connectivity index (χ1) is 16.3. The first-order valence-electron chi connectivity index (χ1n) is 11.4. The number of hydrogen-bond donors (Lipinski definition) is 5. The molecule has 0 aliphatic rings. The number of benzene rings is 2. The molecule has 0 unspecified atom stereocenters. The van der Waals surface area contributed by atoms with Gasteiger partial charge in [-0.15, -0.1) is 0 Å². The predicted octanol–water partition coefficient (Wildman–Crippen LogP) is 2.85. The lowest BCUT2D eigenvalue weighted by atomic mass is 9.70. The molecule has 0 aliphatic heterocycles. The van der Waals surface area contributed by atoms with E-state index in [-0.39, 0.29) is 12.8 Å². The third-order valence-electron chi connectivity index (χ3n) is 5.82. The number of carbonyl (C=O) groups is 3. The minimum Gasteiger partial charge on any atom is -0.355 e. The van der Waals surface area contributed by atoms with Gasteiger partial charge in [-0.3, -0.25) is 25.0 Å². The summed E-state index contributed by atoms with van der Waals surface area (Å²) in [5.41, 5.74) is 4.92. The van der Waals surface area contributed by atoms with Crippen LogP contribution in [0.25, 0.3) is 6.08 Å². The number of nitrogens with two attached hydrogens (primary N) is 1. The fourth-order valence-corrected chi connectivity index (χ4v) is 4.24. The minimum atomic E-state index is -1.64. The molecule has 0 aromatic heterocycles. The zero-order chi connectivity index (χ0) is 25.1. The maximum Gasteiger partial charge on any atom is 0.254 e. The van der Waals surface area contributed by atoms with Gasteiger partial charge in [0.15, 0.2) is 5.41 Å². The summed E-state index contributed by atoms with van der Waals surface area (Å²) in [5, 5.41) is 12.3. The molecular weight excluding hydrogens is 432 g/mol. The van der Waals surface area contributed by atoms with Gasteiger partial charge < -0.3 is 5.32 Å². The molecule has 0 saturated heterocycles. The SMILES string of the molecule is CCC[C@](C(=O)NN)(C(=O)NCC)c1ccc(C)cc1[C@H](C/C=C/c1ccccc1)C(=O)NO. The van der Waals surface area contributed by atoms with E-state index in [1.165, 1.54) is 0 Å². The lowest BCUT2D eigenvalue weighted by Crippen LogP contribution is -2.56. The summed E-state index contributed by atoms with van der Waals surface area (Å²) in [6, 6.07) is 14.9. The number of amides is 3. The highest BCUT2D eigenvalue weighted by molar-refractivity contribution is 6.11. The molecule has 2 rings (SSSR count). The molecule has 2 atom stereocenters. The fourth-order valence-electron chi connectivity index (χ4n) is 4.24. The van der Waals surface area contributed by atoms with Gasteiger partial charge in [0.1, 0.15) is 0 Å². The zero-order valence-electron chi connectivity index (χ0n) is 19.9. The molecule has 0 bridgehead atoms. The van der Waals surface area contributed by atoms with Crippen molar-refractivity contribution in [2.75, 3.05) is 6.54 Å². The largest absolute Gasteiger partial charge is 0.355 e. The van der Waals surface area contributed by atoms with Crippen molar-refractivity contribution in [3.63, 3.8) is 0 Å². The Bertz CT molecular complexity index is 1020. The Morgan fingerprint density at radius 1 is 1.09 bits per heavy atom. The van der Waals surface area contributed by atoms with E-state index in [1.807, 2.05) is 56.3 Å². The van der Waals surface area contributed by atoms with Crippen molar-refractivity contribution in [3.05, 3.63) is 76.9 Å². The fraction of sp³-hybridized carbons (Fsp3) is 0.346. The number of rotatable bonds is 11. The number of likely N-dealkylation sites (N-methyl/N-ethyl adjacent to an activating group) is 1. The Labute approximate surface area is 200 Å². The molecule has 34 heavy (non-hydrogen) atoms. The second kappa shape index (κ2) is 12.7. The number of hydroxylamine groups is 1. The summed E-state index contributed by atoms with van der Waals surface area (Å²) in [6.45, 7) is 5.81. The highest BCUT2D eigenvalue weighted by Gasteiger charge is 2.48. The van der Waals surface area contributed by atoms with E-state index in [0.717, 1.165) is 11.1 Å². The molecule has 0 radical (unpaired) electrons. The number of hydrazine groups is 1. The van der Waals surface area contributed by atoms with E-state index in [1.54, 1.807) is 30.6 Å². The Balaban J connectivity index is 2.69. The molecular formula is C26H34N4O4. The van der Waals surface area contributed by atoms with E-state index in [4.69, 9.17) is 5.84 Å². The van der Waals surface area contributed by atoms with Gasteiger partial charge in [-0.25, -0.2) is 11.3 Å². The third kappa shape index (κ3) is 5.89. The van der Waals surface area contributed by atoms with Gasteiger partial charge in [-0.1, -0.05) is 79.6 Å². The van der Waals surface area contributed by atoms with Gasteiger partial charge >= 0.3 is 0 Å². The number of aryl methyl sites for hydroxylation is 1. The van der Waals surface area contributed by atoms with E-state index in [2.05, 4.69) is 10.7 Å². The van der Waals surface area contributed by atoms with Crippen LogP contribution in [0, 0.1) is 6.92 Å². The van der Waals surface area contributed by atoms with Crippen LogP contribution in [0.4, 0.5) is 0 Å². The molecule has 0 fully saturated rings. The standard InChI is InChI=1S/C26H34N4O4/c1-4-16-26(25(33)29-27,24(32)28-5-2)22-15-14-18(3)17-21(22)20(23(31)30-34)13-9-12-19-10-7-6-8-11-19/h6-12,14-15,17,20,34H,4-5,13,16,27H2,1-3H3,(H,28,32)(H,29,33)(H,30,31)/b12-9+/t20-,26+/m0/s1. The van der Waals surface area contributed by atoms with Crippen LogP contribution in [-0.4, -0.2) is 29.5 Å². The van der Waals surface area contributed by atoms with Crippen molar-refractivity contribution in [2.45, 2.75) is 51.4 Å². The van der Waals surface area contributed by atoms with Crippen molar-refractivity contribution in [1.82, 2.24) is 16.2 Å². The first-order valence-corrected chi connectivity index (χ1v) is 11.4. The average molecular weight is 467 g/mol. The Kier molecular flexibility index (Phi) is 9.97. The number of carbonyl (C=O) groups excluding carboxylic acids is 3. The van der Waals surface area contributed by atoms with Crippen LogP contribution >= 0.6 is 0 Å². The predicted molar refractivity (Wildman–Crippen MR) is 132 cm³/mol. The van der Waals surface area contributed by atoms with Crippen LogP contribution in [0.1, 0.15) is 61.3 Å². The topological polar surface area (TPSA) is 134 Å². The molecule has 6 N–H and O–H groups in total. The van der Waals surface area contributed by atoms with Crippen molar-refractivity contribution in [2.24, 2.45) is 5.84 Å². The highest BCUT2D eigenvalue weighted by atomic mass is 16.5. The first kappa shape index (κ1) is 26.8. The van der Waals surface area contributed by atoms with Crippen molar-refractivity contribution in [1.29, 1.82) is 0 Å².